The van der Waals surface area contributed by atoms with Crippen LogP contribution in [0.5, 0.6) is 0 Å². The lowest BCUT2D eigenvalue weighted by Gasteiger charge is -1.98. The highest BCUT2D eigenvalue weighted by Crippen LogP contribution is 2.12. The monoisotopic (exact) mass is 204 g/mol. The predicted octanol–water partition coefficient (Wildman–Crippen LogP) is 1.58. The Hall–Kier alpha value is -1.85. The molecule has 0 atom stereocenters. The largest absolute Gasteiger partial charge is 0.419 e. The number of benzene rings is 1. The number of hydrogen-bond donors (Lipinski definition) is 0. The van der Waals surface area contributed by atoms with Gasteiger partial charge >= 0.3 is 5.97 Å². The fourth-order valence-electron chi connectivity index (χ4n) is 0.824. The summed E-state index contributed by atoms with van der Waals surface area (Å²) in [4.78, 5) is 23.8. The van der Waals surface area contributed by atoms with Crippen LogP contribution in [0.4, 0.5) is 13.3 Å². The van der Waals surface area contributed by atoms with Crippen molar-refractivity contribution in [2.45, 2.75) is 0 Å². The lowest BCUT2D eigenvalue weighted by Crippen LogP contribution is -2.16. The molecule has 74 valence electrons. The van der Waals surface area contributed by atoms with Crippen molar-refractivity contribution in [3.8, 4) is 0 Å². The summed E-state index contributed by atoms with van der Waals surface area (Å²) < 4.78 is 36.6. The highest BCUT2D eigenvalue weighted by atomic mass is 19.3. The van der Waals surface area contributed by atoms with E-state index in [1.807, 2.05) is 0 Å². The Kier molecular flexibility index (Phi) is 2.85. The van der Waals surface area contributed by atoms with Gasteiger partial charge in [-0.3, -0.25) is 4.79 Å². The molecule has 0 aromatic heterocycles. The Labute approximate surface area is 76.0 Å². The molecule has 0 unspecified atom stereocenters. The first kappa shape index (κ1) is 10.2. The van der Waals surface area contributed by atoms with Gasteiger partial charge in [0, 0.05) is 4.53 Å². The first-order chi connectivity index (χ1) is 6.57. The Morgan fingerprint density at radius 2 is 1.86 bits per heavy atom. The highest BCUT2D eigenvalue weighted by Gasteiger charge is 2.23. The van der Waals surface area contributed by atoms with Crippen LogP contribution in [-0.2, 0) is 9.74 Å². The standard InChI is InChI=1S/C8H3F3O3/c9-5-3-1-2-4(6(5)10)7(12)8(13)14-11/h1-3H. The van der Waals surface area contributed by atoms with Gasteiger partial charge in [-0.05, 0) is 12.1 Å². The van der Waals surface area contributed by atoms with Gasteiger partial charge in [0.05, 0.1) is 5.56 Å². The molecule has 0 N–H and O–H groups in total. The summed E-state index contributed by atoms with van der Waals surface area (Å²) in [6, 6.07) is 2.61. The zero-order chi connectivity index (χ0) is 10.7. The van der Waals surface area contributed by atoms with Gasteiger partial charge < -0.3 is 0 Å². The van der Waals surface area contributed by atoms with E-state index >= 15 is 0 Å². The summed E-state index contributed by atoms with van der Waals surface area (Å²) in [5.41, 5.74) is -0.868. The minimum Gasteiger partial charge on any atom is -0.281 e. The maximum absolute atomic E-state index is 12.8. The molecule has 1 rings (SSSR count). The van der Waals surface area contributed by atoms with E-state index in [2.05, 4.69) is 4.94 Å². The van der Waals surface area contributed by atoms with Crippen molar-refractivity contribution in [2.75, 3.05) is 0 Å². The molecule has 0 spiro atoms. The Balaban J connectivity index is 3.14. The number of ketones is 1. The topological polar surface area (TPSA) is 43.4 Å². The molecule has 0 aliphatic heterocycles. The van der Waals surface area contributed by atoms with Crippen molar-refractivity contribution >= 4 is 11.8 Å². The van der Waals surface area contributed by atoms with Crippen molar-refractivity contribution in [2.24, 2.45) is 0 Å². The first-order valence-electron chi connectivity index (χ1n) is 3.39. The average Bonchev–Trinajstić information content (AvgIpc) is 2.20. The minimum atomic E-state index is -1.89. The lowest BCUT2D eigenvalue weighted by atomic mass is 10.1. The van der Waals surface area contributed by atoms with Gasteiger partial charge in [-0.1, -0.05) is 6.07 Å². The van der Waals surface area contributed by atoms with E-state index < -0.39 is 29.0 Å². The normalized spacial score (nSPS) is 9.64. The van der Waals surface area contributed by atoms with Crippen LogP contribution in [0.3, 0.4) is 0 Å². The molecule has 0 bridgehead atoms. The van der Waals surface area contributed by atoms with Gasteiger partial charge in [-0.15, -0.1) is 0 Å². The van der Waals surface area contributed by atoms with E-state index in [0.29, 0.717) is 0 Å². The Bertz CT molecular complexity index is 389. The zero-order valence-electron chi connectivity index (χ0n) is 6.59. The van der Waals surface area contributed by atoms with Crippen molar-refractivity contribution < 1.29 is 27.8 Å². The molecule has 0 radical (unpaired) electrons. The van der Waals surface area contributed by atoms with E-state index in [0.717, 1.165) is 18.2 Å². The van der Waals surface area contributed by atoms with Crippen molar-refractivity contribution in [1.29, 1.82) is 0 Å². The van der Waals surface area contributed by atoms with Gasteiger partial charge in [0.2, 0.25) is 0 Å². The molecular formula is C8H3F3O3. The quantitative estimate of drug-likeness (QED) is 0.542. The van der Waals surface area contributed by atoms with Crippen LogP contribution in [0.15, 0.2) is 18.2 Å². The van der Waals surface area contributed by atoms with Crippen LogP contribution >= 0.6 is 0 Å². The van der Waals surface area contributed by atoms with Gasteiger partial charge in [-0.25, -0.2) is 18.5 Å². The fraction of sp³-hybridized carbons (Fsp3) is 0. The summed E-state index contributed by atoms with van der Waals surface area (Å²) in [5.74, 6) is -6.29. The molecule has 6 heteroatoms. The van der Waals surface area contributed by atoms with E-state index in [1.54, 1.807) is 0 Å². The van der Waals surface area contributed by atoms with Gasteiger partial charge in [0.25, 0.3) is 5.78 Å². The van der Waals surface area contributed by atoms with E-state index in [-0.39, 0.29) is 0 Å². The van der Waals surface area contributed by atoms with E-state index in [1.165, 1.54) is 0 Å². The summed E-state index contributed by atoms with van der Waals surface area (Å²) >= 11 is 0. The number of hydrogen-bond acceptors (Lipinski definition) is 3. The maximum atomic E-state index is 12.8. The van der Waals surface area contributed by atoms with Crippen molar-refractivity contribution in [3.05, 3.63) is 35.4 Å². The highest BCUT2D eigenvalue weighted by molar-refractivity contribution is 6.40. The van der Waals surface area contributed by atoms with Gasteiger partial charge in [0.1, 0.15) is 0 Å². The molecule has 0 aliphatic rings. The summed E-state index contributed by atoms with van der Waals surface area (Å²) in [5, 5.41) is 0. The van der Waals surface area contributed by atoms with Crippen LogP contribution in [0.2, 0.25) is 0 Å². The predicted molar refractivity (Wildman–Crippen MR) is 37.9 cm³/mol. The number of halogens is 3. The molecule has 0 saturated carbocycles. The number of carbonyl (C=O) groups is 2. The first-order valence-corrected chi connectivity index (χ1v) is 3.39. The second kappa shape index (κ2) is 3.91. The van der Waals surface area contributed by atoms with E-state index in [9.17, 15) is 22.9 Å². The van der Waals surface area contributed by atoms with Crippen LogP contribution in [-0.4, -0.2) is 11.8 Å². The van der Waals surface area contributed by atoms with Gasteiger partial charge in [0.15, 0.2) is 11.6 Å². The Morgan fingerprint density at radius 3 is 2.43 bits per heavy atom. The number of carbonyl (C=O) groups excluding carboxylic acids is 2. The van der Waals surface area contributed by atoms with Crippen LogP contribution < -0.4 is 0 Å². The third-order valence-corrected chi connectivity index (χ3v) is 1.45. The third kappa shape index (κ3) is 1.73. The number of rotatable bonds is 2. The van der Waals surface area contributed by atoms with Crippen LogP contribution in [0.25, 0.3) is 0 Å². The molecule has 0 fully saturated rings. The van der Waals surface area contributed by atoms with Gasteiger partial charge in [-0.2, -0.15) is 0 Å². The molecule has 14 heavy (non-hydrogen) atoms. The molecule has 1 aromatic carbocycles. The Morgan fingerprint density at radius 1 is 1.21 bits per heavy atom. The second-order valence-corrected chi connectivity index (χ2v) is 2.30. The molecule has 0 amide bonds. The maximum Gasteiger partial charge on any atom is 0.419 e. The second-order valence-electron chi connectivity index (χ2n) is 2.30. The molecule has 0 aliphatic carbocycles. The summed E-state index contributed by atoms with van der Waals surface area (Å²) in [6.07, 6.45) is 0. The summed E-state index contributed by atoms with van der Waals surface area (Å²) in [6.45, 7) is 0. The smallest absolute Gasteiger partial charge is 0.281 e. The molecular weight excluding hydrogens is 201 g/mol. The van der Waals surface area contributed by atoms with E-state index in [4.69, 9.17) is 0 Å². The zero-order valence-corrected chi connectivity index (χ0v) is 6.59. The summed E-state index contributed by atoms with van der Waals surface area (Å²) in [7, 11) is 0. The minimum absolute atomic E-state index is 0.757. The van der Waals surface area contributed by atoms with Crippen LogP contribution in [0.1, 0.15) is 10.4 Å². The average molecular weight is 204 g/mol. The molecule has 1 aromatic rings. The van der Waals surface area contributed by atoms with Crippen LogP contribution in [0, 0.1) is 11.6 Å². The molecule has 3 nitrogen and oxygen atoms in total. The fourth-order valence-corrected chi connectivity index (χ4v) is 0.824. The SMILES string of the molecule is O=C(OF)C(=O)c1cccc(F)c1F. The molecule has 0 heterocycles. The lowest BCUT2D eigenvalue weighted by molar-refractivity contribution is -0.176. The third-order valence-electron chi connectivity index (χ3n) is 1.45. The van der Waals surface area contributed by atoms with Crippen molar-refractivity contribution in [3.63, 3.8) is 0 Å². The van der Waals surface area contributed by atoms with Crippen molar-refractivity contribution in [1.82, 2.24) is 0 Å². The molecule has 0 saturated heterocycles. The number of Topliss-reactive ketones (excluding diaryl/α,β-unsaturated/α-hetero) is 1.